The molecule has 0 aliphatic carbocycles. The van der Waals surface area contributed by atoms with E-state index in [2.05, 4.69) is 22.5 Å². The van der Waals surface area contributed by atoms with E-state index in [1.54, 1.807) is 4.90 Å². The Kier molecular flexibility index (Phi) is 8.35. The van der Waals surface area contributed by atoms with Crippen LogP contribution in [0, 0.1) is 0 Å². The summed E-state index contributed by atoms with van der Waals surface area (Å²) in [5.41, 5.74) is 2.88. The van der Waals surface area contributed by atoms with Gasteiger partial charge in [-0.15, -0.1) is 6.58 Å². The predicted octanol–water partition coefficient (Wildman–Crippen LogP) is 6.38. The first-order chi connectivity index (χ1) is 15.0. The molecule has 0 N–H and O–H groups in total. The molecular formula is C24H24BrNO3S2. The Bertz CT molecular complexity index is 1020. The molecule has 2 aromatic rings. The summed E-state index contributed by atoms with van der Waals surface area (Å²) in [5.74, 6) is 1.29. The fourth-order valence-corrected chi connectivity index (χ4v) is 4.81. The Labute approximate surface area is 201 Å². The van der Waals surface area contributed by atoms with E-state index < -0.39 is 0 Å². The van der Waals surface area contributed by atoms with Crippen LogP contribution in [0.15, 0.2) is 58.4 Å². The number of allylic oxidation sites excluding steroid dienone is 1. The highest BCUT2D eigenvalue weighted by molar-refractivity contribution is 9.10. The molecule has 0 aromatic heterocycles. The van der Waals surface area contributed by atoms with Gasteiger partial charge in [0.25, 0.3) is 5.91 Å². The van der Waals surface area contributed by atoms with Crippen LogP contribution in [0.1, 0.15) is 30.5 Å². The van der Waals surface area contributed by atoms with Gasteiger partial charge in [0, 0.05) is 16.6 Å². The number of likely N-dealkylation sites (N-methyl/N-ethyl adjacent to an activating group) is 1. The summed E-state index contributed by atoms with van der Waals surface area (Å²) in [6.07, 6.45) is 4.31. The maximum absolute atomic E-state index is 12.6. The summed E-state index contributed by atoms with van der Waals surface area (Å²) in [7, 11) is 0. The first kappa shape index (κ1) is 23.6. The summed E-state index contributed by atoms with van der Waals surface area (Å²) in [4.78, 5) is 14.8. The maximum Gasteiger partial charge on any atom is 0.266 e. The zero-order valence-corrected chi connectivity index (χ0v) is 20.7. The molecule has 7 heteroatoms. The lowest BCUT2D eigenvalue weighted by atomic mass is 10.0. The highest BCUT2D eigenvalue weighted by Crippen LogP contribution is 2.37. The SMILES string of the molecule is C=CCc1cc(/C=C2/SC(=S)N(CC)C2=O)cc(OCC)c1OCc1ccc(Br)cc1. The van der Waals surface area contributed by atoms with E-state index in [1.807, 2.05) is 62.4 Å². The van der Waals surface area contributed by atoms with Gasteiger partial charge in [-0.1, -0.05) is 58.1 Å². The van der Waals surface area contributed by atoms with Gasteiger partial charge in [-0.3, -0.25) is 9.69 Å². The minimum Gasteiger partial charge on any atom is -0.490 e. The van der Waals surface area contributed by atoms with Crippen molar-refractivity contribution in [2.75, 3.05) is 13.2 Å². The lowest BCUT2D eigenvalue weighted by Gasteiger charge is -2.17. The van der Waals surface area contributed by atoms with Gasteiger partial charge in [-0.2, -0.15) is 0 Å². The van der Waals surface area contributed by atoms with Crippen molar-refractivity contribution in [3.05, 3.63) is 75.1 Å². The van der Waals surface area contributed by atoms with E-state index in [9.17, 15) is 4.79 Å². The molecule has 0 spiro atoms. The van der Waals surface area contributed by atoms with Crippen LogP contribution < -0.4 is 9.47 Å². The largest absolute Gasteiger partial charge is 0.490 e. The lowest BCUT2D eigenvalue weighted by molar-refractivity contribution is -0.121. The monoisotopic (exact) mass is 517 g/mol. The third kappa shape index (κ3) is 5.79. The molecule has 0 saturated carbocycles. The van der Waals surface area contributed by atoms with Crippen molar-refractivity contribution in [3.8, 4) is 11.5 Å². The third-order valence-corrected chi connectivity index (χ3v) is 6.51. The molecule has 1 amide bonds. The van der Waals surface area contributed by atoms with Crippen LogP contribution in [0.25, 0.3) is 6.08 Å². The number of rotatable bonds is 9. The van der Waals surface area contributed by atoms with Crippen LogP contribution in [0.4, 0.5) is 0 Å². The van der Waals surface area contributed by atoms with Crippen LogP contribution in [0.2, 0.25) is 0 Å². The minimum absolute atomic E-state index is 0.0590. The van der Waals surface area contributed by atoms with E-state index >= 15 is 0 Å². The molecule has 1 saturated heterocycles. The lowest BCUT2D eigenvalue weighted by Crippen LogP contribution is -2.27. The molecule has 2 aromatic carbocycles. The maximum atomic E-state index is 12.6. The van der Waals surface area contributed by atoms with Crippen molar-refractivity contribution in [3.63, 3.8) is 0 Å². The average Bonchev–Trinajstić information content (AvgIpc) is 3.01. The fourth-order valence-electron chi connectivity index (χ4n) is 3.16. The first-order valence-corrected chi connectivity index (χ1v) is 12.0. The summed E-state index contributed by atoms with van der Waals surface area (Å²) >= 11 is 10.1. The van der Waals surface area contributed by atoms with Crippen LogP contribution in [-0.4, -0.2) is 28.3 Å². The summed E-state index contributed by atoms with van der Waals surface area (Å²) in [6, 6.07) is 11.9. The summed E-state index contributed by atoms with van der Waals surface area (Å²) in [5, 5.41) is 0. The summed E-state index contributed by atoms with van der Waals surface area (Å²) in [6.45, 7) is 9.22. The second-order valence-electron chi connectivity index (χ2n) is 6.77. The normalized spacial score (nSPS) is 14.9. The molecule has 3 rings (SSSR count). The van der Waals surface area contributed by atoms with E-state index in [-0.39, 0.29) is 5.91 Å². The standard InChI is InChI=1S/C24H24BrNO3S2/c1-4-7-18-12-17(14-21-23(27)26(5-2)24(30)31-21)13-20(28-6-3)22(18)29-15-16-8-10-19(25)11-9-16/h4,8-14H,1,5-7,15H2,2-3H3/b21-14+. The quantitative estimate of drug-likeness (QED) is 0.219. The van der Waals surface area contributed by atoms with Crippen molar-refractivity contribution in [2.45, 2.75) is 26.9 Å². The van der Waals surface area contributed by atoms with Crippen LogP contribution >= 0.6 is 39.9 Å². The number of carbonyl (C=O) groups is 1. The number of hydrogen-bond acceptors (Lipinski definition) is 5. The molecule has 1 fully saturated rings. The van der Waals surface area contributed by atoms with Gasteiger partial charge in [0.1, 0.15) is 10.9 Å². The Balaban J connectivity index is 1.95. The first-order valence-electron chi connectivity index (χ1n) is 10.00. The number of carbonyl (C=O) groups excluding carboxylic acids is 1. The molecule has 4 nitrogen and oxygen atoms in total. The van der Waals surface area contributed by atoms with Gasteiger partial charge < -0.3 is 9.47 Å². The number of thiocarbonyl (C=S) groups is 1. The topological polar surface area (TPSA) is 38.8 Å². The molecule has 0 bridgehead atoms. The highest BCUT2D eigenvalue weighted by Gasteiger charge is 2.30. The number of amides is 1. The number of ether oxygens (including phenoxy) is 2. The molecule has 162 valence electrons. The number of benzene rings is 2. The van der Waals surface area contributed by atoms with Gasteiger partial charge in [0.15, 0.2) is 11.5 Å². The summed E-state index contributed by atoms with van der Waals surface area (Å²) < 4.78 is 13.7. The van der Waals surface area contributed by atoms with E-state index in [1.165, 1.54) is 11.8 Å². The highest BCUT2D eigenvalue weighted by atomic mass is 79.9. The fraction of sp³-hybridized carbons (Fsp3) is 0.250. The van der Waals surface area contributed by atoms with Crippen molar-refractivity contribution < 1.29 is 14.3 Å². The zero-order valence-electron chi connectivity index (χ0n) is 17.5. The van der Waals surface area contributed by atoms with E-state index in [4.69, 9.17) is 21.7 Å². The number of nitrogens with zero attached hydrogens (tertiary/aromatic N) is 1. The van der Waals surface area contributed by atoms with Crippen LogP contribution in [-0.2, 0) is 17.8 Å². The van der Waals surface area contributed by atoms with Crippen molar-refractivity contribution in [1.29, 1.82) is 0 Å². The van der Waals surface area contributed by atoms with Gasteiger partial charge in [0.05, 0.1) is 11.5 Å². The minimum atomic E-state index is -0.0590. The van der Waals surface area contributed by atoms with Crippen LogP contribution in [0.3, 0.4) is 0 Å². The Morgan fingerprint density at radius 3 is 2.55 bits per heavy atom. The Hall–Kier alpha value is -2.09. The second kappa shape index (κ2) is 11.0. The average molecular weight is 518 g/mol. The smallest absolute Gasteiger partial charge is 0.266 e. The van der Waals surface area contributed by atoms with Gasteiger partial charge >= 0.3 is 0 Å². The van der Waals surface area contributed by atoms with Gasteiger partial charge in [0.2, 0.25) is 0 Å². The molecule has 0 radical (unpaired) electrons. The number of thioether (sulfide) groups is 1. The molecule has 0 atom stereocenters. The molecule has 1 aliphatic rings. The predicted molar refractivity (Wildman–Crippen MR) is 136 cm³/mol. The Morgan fingerprint density at radius 1 is 1.19 bits per heavy atom. The molecular weight excluding hydrogens is 494 g/mol. The van der Waals surface area contributed by atoms with Gasteiger partial charge in [-0.25, -0.2) is 0 Å². The van der Waals surface area contributed by atoms with Crippen LogP contribution in [0.5, 0.6) is 11.5 Å². The van der Waals surface area contributed by atoms with Gasteiger partial charge in [-0.05, 0) is 61.7 Å². The molecule has 0 unspecified atom stereocenters. The molecule has 1 aliphatic heterocycles. The van der Waals surface area contributed by atoms with Crippen molar-refractivity contribution in [2.24, 2.45) is 0 Å². The zero-order chi connectivity index (χ0) is 22.4. The third-order valence-electron chi connectivity index (χ3n) is 4.60. The van der Waals surface area contributed by atoms with Crippen molar-refractivity contribution >= 4 is 56.2 Å². The molecule has 1 heterocycles. The second-order valence-corrected chi connectivity index (χ2v) is 9.37. The van der Waals surface area contributed by atoms with E-state index in [0.717, 1.165) is 21.2 Å². The number of halogens is 1. The molecule has 31 heavy (non-hydrogen) atoms. The Morgan fingerprint density at radius 2 is 1.94 bits per heavy atom. The van der Waals surface area contributed by atoms with Crippen molar-refractivity contribution in [1.82, 2.24) is 4.90 Å². The number of hydrogen-bond donors (Lipinski definition) is 0. The van der Waals surface area contributed by atoms with E-state index in [0.29, 0.717) is 46.9 Å².